The van der Waals surface area contributed by atoms with E-state index in [1.807, 2.05) is 6.07 Å². The number of ether oxygens (including phenoxy) is 1. The van der Waals surface area contributed by atoms with Crippen LogP contribution in [0.4, 0.5) is 0 Å². The van der Waals surface area contributed by atoms with Gasteiger partial charge in [0.05, 0.1) is 29.7 Å². The zero-order chi connectivity index (χ0) is 16.1. The van der Waals surface area contributed by atoms with Crippen LogP contribution in [-0.4, -0.2) is 18.2 Å². The molecule has 1 unspecified atom stereocenters. The van der Waals surface area contributed by atoms with Gasteiger partial charge in [-0.25, -0.2) is 0 Å². The van der Waals surface area contributed by atoms with Gasteiger partial charge in [-0.05, 0) is 41.8 Å². The lowest BCUT2D eigenvalue weighted by Crippen LogP contribution is -2.14. The van der Waals surface area contributed by atoms with Crippen LogP contribution in [0.5, 0.6) is 5.75 Å². The van der Waals surface area contributed by atoms with Crippen LogP contribution in [0.2, 0.25) is 5.02 Å². The second kappa shape index (κ2) is 6.97. The van der Waals surface area contributed by atoms with E-state index in [1.54, 1.807) is 42.5 Å². The van der Waals surface area contributed by atoms with Gasteiger partial charge in [-0.1, -0.05) is 29.8 Å². The Bertz CT molecular complexity index is 720. The molecular formula is C17H14ClNO3. The predicted molar refractivity (Wildman–Crippen MR) is 83.2 cm³/mol. The topological polar surface area (TPSA) is 70.3 Å². The molecule has 2 rings (SSSR count). The van der Waals surface area contributed by atoms with Crippen LogP contribution in [0.1, 0.15) is 22.6 Å². The summed E-state index contributed by atoms with van der Waals surface area (Å²) in [5.41, 5.74) is 2.00. The van der Waals surface area contributed by atoms with Gasteiger partial charge in [0, 0.05) is 0 Å². The lowest BCUT2D eigenvalue weighted by Gasteiger charge is -2.14. The second-order valence-corrected chi connectivity index (χ2v) is 5.20. The molecule has 0 saturated carbocycles. The lowest BCUT2D eigenvalue weighted by molar-refractivity contribution is -0.138. The summed E-state index contributed by atoms with van der Waals surface area (Å²) >= 11 is 6.07. The van der Waals surface area contributed by atoms with Crippen molar-refractivity contribution in [3.63, 3.8) is 0 Å². The molecule has 5 heteroatoms. The Kier molecular flexibility index (Phi) is 5.03. The monoisotopic (exact) mass is 315 g/mol. The SMILES string of the molecule is COc1ccc(C(Cc2ccc(C#N)cc2)C(=O)O)cc1Cl. The van der Waals surface area contributed by atoms with Crippen molar-refractivity contribution in [2.24, 2.45) is 0 Å². The van der Waals surface area contributed by atoms with E-state index in [0.29, 0.717) is 28.3 Å². The number of halogens is 1. The molecule has 0 fully saturated rings. The molecule has 0 radical (unpaired) electrons. The van der Waals surface area contributed by atoms with Crippen molar-refractivity contribution in [3.8, 4) is 11.8 Å². The van der Waals surface area contributed by atoms with E-state index in [0.717, 1.165) is 5.56 Å². The number of carboxylic acid groups (broad SMARTS) is 1. The molecule has 112 valence electrons. The highest BCUT2D eigenvalue weighted by Gasteiger charge is 2.21. The minimum atomic E-state index is -0.925. The van der Waals surface area contributed by atoms with E-state index in [2.05, 4.69) is 0 Å². The van der Waals surface area contributed by atoms with E-state index in [1.165, 1.54) is 7.11 Å². The van der Waals surface area contributed by atoms with E-state index in [4.69, 9.17) is 21.6 Å². The standard InChI is InChI=1S/C17H14ClNO3/c1-22-16-7-6-13(9-15(16)18)14(17(20)21)8-11-2-4-12(10-19)5-3-11/h2-7,9,14H,8H2,1H3,(H,20,21). The Labute approximate surface area is 133 Å². The molecule has 0 bridgehead atoms. The summed E-state index contributed by atoms with van der Waals surface area (Å²) in [5.74, 6) is -1.13. The minimum absolute atomic E-state index is 0.323. The average molecular weight is 316 g/mol. The zero-order valence-corrected chi connectivity index (χ0v) is 12.7. The molecule has 0 heterocycles. The summed E-state index contributed by atoms with van der Waals surface area (Å²) < 4.78 is 5.07. The number of nitrogens with zero attached hydrogens (tertiary/aromatic N) is 1. The molecule has 1 atom stereocenters. The van der Waals surface area contributed by atoms with Gasteiger partial charge in [-0.2, -0.15) is 5.26 Å². The molecule has 0 aliphatic rings. The number of rotatable bonds is 5. The first-order chi connectivity index (χ1) is 10.5. The second-order valence-electron chi connectivity index (χ2n) is 4.80. The van der Waals surface area contributed by atoms with Gasteiger partial charge < -0.3 is 9.84 Å². The Morgan fingerprint density at radius 1 is 1.32 bits per heavy atom. The van der Waals surface area contributed by atoms with Gasteiger partial charge >= 0.3 is 5.97 Å². The van der Waals surface area contributed by atoms with Crippen molar-refractivity contribution in [3.05, 3.63) is 64.2 Å². The highest BCUT2D eigenvalue weighted by molar-refractivity contribution is 6.32. The Morgan fingerprint density at radius 3 is 2.50 bits per heavy atom. The number of benzene rings is 2. The van der Waals surface area contributed by atoms with E-state index < -0.39 is 11.9 Å². The Hall–Kier alpha value is -2.51. The highest BCUT2D eigenvalue weighted by atomic mass is 35.5. The van der Waals surface area contributed by atoms with Crippen LogP contribution in [0.3, 0.4) is 0 Å². The van der Waals surface area contributed by atoms with Crippen molar-refractivity contribution in [2.45, 2.75) is 12.3 Å². The first kappa shape index (κ1) is 15.9. The maximum absolute atomic E-state index is 11.6. The van der Waals surface area contributed by atoms with E-state index in [9.17, 15) is 9.90 Å². The van der Waals surface area contributed by atoms with Crippen molar-refractivity contribution in [2.75, 3.05) is 7.11 Å². The number of carbonyl (C=O) groups is 1. The number of hydrogen-bond acceptors (Lipinski definition) is 3. The van der Waals surface area contributed by atoms with E-state index >= 15 is 0 Å². The average Bonchev–Trinajstić information content (AvgIpc) is 2.52. The molecule has 0 spiro atoms. The molecule has 22 heavy (non-hydrogen) atoms. The first-order valence-electron chi connectivity index (χ1n) is 6.60. The highest BCUT2D eigenvalue weighted by Crippen LogP contribution is 2.30. The van der Waals surface area contributed by atoms with Gasteiger partial charge in [0.1, 0.15) is 5.75 Å². The third kappa shape index (κ3) is 3.57. The van der Waals surface area contributed by atoms with Crippen molar-refractivity contribution in [1.29, 1.82) is 5.26 Å². The molecule has 0 aromatic heterocycles. The number of nitriles is 1. The normalized spacial score (nSPS) is 11.5. The lowest BCUT2D eigenvalue weighted by atomic mass is 9.91. The van der Waals surface area contributed by atoms with Gasteiger partial charge in [0.2, 0.25) is 0 Å². The third-order valence-electron chi connectivity index (χ3n) is 3.40. The molecule has 2 aromatic rings. The van der Waals surface area contributed by atoms with Crippen LogP contribution >= 0.6 is 11.6 Å². The minimum Gasteiger partial charge on any atom is -0.495 e. The number of carboxylic acids is 1. The predicted octanol–water partition coefficient (Wildman–Crippen LogP) is 3.63. The quantitative estimate of drug-likeness (QED) is 0.914. The third-order valence-corrected chi connectivity index (χ3v) is 3.69. The Morgan fingerprint density at radius 2 is 2.00 bits per heavy atom. The summed E-state index contributed by atoms with van der Waals surface area (Å²) in [5, 5.41) is 18.6. The number of aliphatic carboxylic acids is 1. The van der Waals surface area contributed by atoms with Gasteiger partial charge in [-0.3, -0.25) is 4.79 Å². The molecular weight excluding hydrogens is 302 g/mol. The van der Waals surface area contributed by atoms with Gasteiger partial charge in [0.15, 0.2) is 0 Å². The fraction of sp³-hybridized carbons (Fsp3) is 0.176. The van der Waals surface area contributed by atoms with Crippen molar-refractivity contribution < 1.29 is 14.6 Å². The summed E-state index contributed by atoms with van der Waals surface area (Å²) in [4.78, 5) is 11.6. The van der Waals surface area contributed by atoms with Crippen LogP contribution < -0.4 is 4.74 Å². The summed E-state index contributed by atoms with van der Waals surface area (Å²) in [6.07, 6.45) is 0.323. The molecule has 0 saturated heterocycles. The maximum Gasteiger partial charge on any atom is 0.311 e. The molecule has 0 aliphatic carbocycles. The van der Waals surface area contributed by atoms with Crippen molar-refractivity contribution >= 4 is 17.6 Å². The van der Waals surface area contributed by atoms with Crippen LogP contribution in [-0.2, 0) is 11.2 Å². The van der Waals surface area contributed by atoms with Crippen LogP contribution in [0.25, 0.3) is 0 Å². The van der Waals surface area contributed by atoms with E-state index in [-0.39, 0.29) is 0 Å². The summed E-state index contributed by atoms with van der Waals surface area (Å²) in [7, 11) is 1.51. The van der Waals surface area contributed by atoms with Crippen LogP contribution in [0.15, 0.2) is 42.5 Å². The zero-order valence-electron chi connectivity index (χ0n) is 11.9. The molecule has 1 N–H and O–H groups in total. The fourth-order valence-electron chi connectivity index (χ4n) is 2.20. The number of hydrogen-bond donors (Lipinski definition) is 1. The first-order valence-corrected chi connectivity index (χ1v) is 6.98. The van der Waals surface area contributed by atoms with Crippen molar-refractivity contribution in [1.82, 2.24) is 0 Å². The summed E-state index contributed by atoms with van der Waals surface area (Å²) in [6, 6.07) is 13.9. The van der Waals surface area contributed by atoms with Crippen LogP contribution in [0, 0.1) is 11.3 Å². The molecule has 4 nitrogen and oxygen atoms in total. The van der Waals surface area contributed by atoms with Gasteiger partial charge in [0.25, 0.3) is 0 Å². The smallest absolute Gasteiger partial charge is 0.311 e. The Balaban J connectivity index is 2.28. The number of methoxy groups -OCH3 is 1. The largest absolute Gasteiger partial charge is 0.495 e. The fourth-order valence-corrected chi connectivity index (χ4v) is 2.46. The molecule has 0 amide bonds. The molecule has 0 aliphatic heterocycles. The summed E-state index contributed by atoms with van der Waals surface area (Å²) in [6.45, 7) is 0. The van der Waals surface area contributed by atoms with Gasteiger partial charge in [-0.15, -0.1) is 0 Å². The maximum atomic E-state index is 11.6. The molecule has 2 aromatic carbocycles.